The van der Waals surface area contributed by atoms with Gasteiger partial charge in [-0.25, -0.2) is 0 Å². The monoisotopic (exact) mass is 214 g/mol. The molecule has 1 rings (SSSR count). The van der Waals surface area contributed by atoms with Gasteiger partial charge in [-0.05, 0) is 24.2 Å². The molecule has 0 amide bonds. The topological polar surface area (TPSA) is 49.5 Å². The summed E-state index contributed by atoms with van der Waals surface area (Å²) in [5, 5.41) is 8.94. The molecule has 0 aromatic heterocycles. The van der Waals surface area contributed by atoms with Crippen LogP contribution in [0.2, 0.25) is 0 Å². The Bertz CT molecular complexity index is 189. The van der Waals surface area contributed by atoms with Gasteiger partial charge in [0.25, 0.3) is 0 Å². The van der Waals surface area contributed by atoms with E-state index in [1.807, 2.05) is 0 Å². The second-order valence-corrected chi connectivity index (χ2v) is 6.11. The highest BCUT2D eigenvalue weighted by Gasteiger charge is 2.27. The number of aliphatic hydroxyl groups excluding tert-OH is 1. The molecule has 3 heteroatoms. The van der Waals surface area contributed by atoms with Crippen molar-refractivity contribution < 1.29 is 5.11 Å². The molecule has 15 heavy (non-hydrogen) atoms. The van der Waals surface area contributed by atoms with E-state index >= 15 is 0 Å². The molecule has 0 bridgehead atoms. The number of nitrogens with zero attached hydrogens (tertiary/aromatic N) is 1. The van der Waals surface area contributed by atoms with E-state index in [2.05, 4.69) is 25.7 Å². The van der Waals surface area contributed by atoms with Crippen LogP contribution < -0.4 is 5.73 Å². The van der Waals surface area contributed by atoms with Crippen LogP contribution >= 0.6 is 0 Å². The lowest BCUT2D eigenvalue weighted by atomic mass is 9.80. The number of nitrogens with two attached hydrogens (primary N) is 1. The third kappa shape index (κ3) is 4.96. The quantitative estimate of drug-likeness (QED) is 0.738. The fourth-order valence-electron chi connectivity index (χ4n) is 2.69. The molecule has 1 heterocycles. The first kappa shape index (κ1) is 12.9. The van der Waals surface area contributed by atoms with E-state index in [4.69, 9.17) is 10.8 Å². The maximum Gasteiger partial charge on any atom is 0.0558 e. The van der Waals surface area contributed by atoms with Gasteiger partial charge in [0, 0.05) is 25.7 Å². The third-order valence-corrected chi connectivity index (χ3v) is 2.96. The second kappa shape index (κ2) is 5.28. The Balaban J connectivity index is 2.44. The van der Waals surface area contributed by atoms with Crippen LogP contribution in [0.25, 0.3) is 0 Å². The molecule has 2 unspecified atom stereocenters. The SMILES string of the molecule is CC(C)(C)CC1CC(N)CN(CCO)C1. The second-order valence-electron chi connectivity index (χ2n) is 6.11. The zero-order valence-electron chi connectivity index (χ0n) is 10.4. The van der Waals surface area contributed by atoms with Gasteiger partial charge in [-0.1, -0.05) is 20.8 Å². The molecule has 0 aromatic rings. The highest BCUT2D eigenvalue weighted by Crippen LogP contribution is 2.29. The Morgan fingerprint density at radius 3 is 2.53 bits per heavy atom. The van der Waals surface area contributed by atoms with Gasteiger partial charge in [0.1, 0.15) is 0 Å². The summed E-state index contributed by atoms with van der Waals surface area (Å²) in [4.78, 5) is 2.30. The average molecular weight is 214 g/mol. The van der Waals surface area contributed by atoms with Crippen molar-refractivity contribution in [1.82, 2.24) is 4.90 Å². The van der Waals surface area contributed by atoms with Crippen LogP contribution in [0.4, 0.5) is 0 Å². The summed E-state index contributed by atoms with van der Waals surface area (Å²) in [6.45, 7) is 9.91. The van der Waals surface area contributed by atoms with Gasteiger partial charge in [0.2, 0.25) is 0 Å². The molecule has 0 aromatic carbocycles. The van der Waals surface area contributed by atoms with Crippen molar-refractivity contribution in [2.24, 2.45) is 17.1 Å². The van der Waals surface area contributed by atoms with Gasteiger partial charge < -0.3 is 10.8 Å². The van der Waals surface area contributed by atoms with E-state index in [0.29, 0.717) is 11.3 Å². The Labute approximate surface area is 93.6 Å². The number of hydrogen-bond acceptors (Lipinski definition) is 3. The van der Waals surface area contributed by atoms with Crippen molar-refractivity contribution in [2.45, 2.75) is 39.7 Å². The standard InChI is InChI=1S/C12H26N2O/c1-12(2,3)7-10-6-11(13)9-14(8-10)4-5-15/h10-11,15H,4-9,13H2,1-3H3. The van der Waals surface area contributed by atoms with Gasteiger partial charge in [0.15, 0.2) is 0 Å². The van der Waals surface area contributed by atoms with Gasteiger partial charge >= 0.3 is 0 Å². The number of hydrogen-bond donors (Lipinski definition) is 2. The normalized spacial score (nSPS) is 29.4. The molecule has 3 N–H and O–H groups in total. The lowest BCUT2D eigenvalue weighted by molar-refractivity contribution is 0.106. The smallest absolute Gasteiger partial charge is 0.0558 e. The predicted molar refractivity (Wildman–Crippen MR) is 63.7 cm³/mol. The Hall–Kier alpha value is -0.120. The van der Waals surface area contributed by atoms with Crippen LogP contribution in [0.1, 0.15) is 33.6 Å². The average Bonchev–Trinajstić information content (AvgIpc) is 1.99. The summed E-state index contributed by atoms with van der Waals surface area (Å²) in [7, 11) is 0. The van der Waals surface area contributed by atoms with Crippen LogP contribution in [-0.2, 0) is 0 Å². The first-order chi connectivity index (χ1) is 6.90. The number of β-amino-alcohol motifs (C(OH)–C–C–N with tert-alkyl or cyclic N) is 1. The Morgan fingerprint density at radius 2 is 2.00 bits per heavy atom. The van der Waals surface area contributed by atoms with Gasteiger partial charge in [-0.2, -0.15) is 0 Å². The molecule has 1 aliphatic rings. The molecule has 0 aliphatic carbocycles. The summed E-state index contributed by atoms with van der Waals surface area (Å²) in [5.74, 6) is 0.695. The van der Waals surface area contributed by atoms with E-state index in [0.717, 1.165) is 26.1 Å². The van der Waals surface area contributed by atoms with Gasteiger partial charge in [-0.3, -0.25) is 4.90 Å². The zero-order chi connectivity index (χ0) is 11.5. The Kier molecular flexibility index (Phi) is 4.56. The number of aliphatic hydroxyl groups is 1. The molecule has 1 aliphatic heterocycles. The van der Waals surface area contributed by atoms with Crippen molar-refractivity contribution >= 4 is 0 Å². The number of rotatable bonds is 3. The van der Waals surface area contributed by atoms with E-state index in [-0.39, 0.29) is 12.6 Å². The van der Waals surface area contributed by atoms with Crippen LogP contribution in [0.5, 0.6) is 0 Å². The lowest BCUT2D eigenvalue weighted by Crippen LogP contribution is -2.48. The molecule has 0 saturated carbocycles. The van der Waals surface area contributed by atoms with Crippen molar-refractivity contribution in [3.8, 4) is 0 Å². The highest BCUT2D eigenvalue weighted by atomic mass is 16.3. The van der Waals surface area contributed by atoms with E-state index < -0.39 is 0 Å². The summed E-state index contributed by atoms with van der Waals surface area (Å²) >= 11 is 0. The molecule has 0 spiro atoms. The predicted octanol–water partition coefficient (Wildman–Crippen LogP) is 1.06. The fourth-order valence-corrected chi connectivity index (χ4v) is 2.69. The maximum absolute atomic E-state index is 8.94. The fraction of sp³-hybridized carbons (Fsp3) is 1.00. The van der Waals surface area contributed by atoms with E-state index in [9.17, 15) is 0 Å². The molecule has 3 nitrogen and oxygen atoms in total. The third-order valence-electron chi connectivity index (χ3n) is 2.96. The minimum atomic E-state index is 0.245. The maximum atomic E-state index is 8.94. The summed E-state index contributed by atoms with van der Waals surface area (Å²) < 4.78 is 0. The molecule has 0 radical (unpaired) electrons. The summed E-state index contributed by atoms with van der Waals surface area (Å²) in [6.07, 6.45) is 2.36. The largest absolute Gasteiger partial charge is 0.395 e. The van der Waals surface area contributed by atoms with Crippen molar-refractivity contribution in [2.75, 3.05) is 26.2 Å². The van der Waals surface area contributed by atoms with Crippen LogP contribution in [0.15, 0.2) is 0 Å². The number of piperidine rings is 1. The highest BCUT2D eigenvalue weighted by molar-refractivity contribution is 4.83. The lowest BCUT2D eigenvalue weighted by Gasteiger charge is -2.38. The molecular weight excluding hydrogens is 188 g/mol. The van der Waals surface area contributed by atoms with Crippen molar-refractivity contribution in [1.29, 1.82) is 0 Å². The van der Waals surface area contributed by atoms with Crippen molar-refractivity contribution in [3.05, 3.63) is 0 Å². The molecule has 90 valence electrons. The van der Waals surface area contributed by atoms with E-state index in [1.54, 1.807) is 0 Å². The molecular formula is C12H26N2O. The Morgan fingerprint density at radius 1 is 1.33 bits per heavy atom. The minimum absolute atomic E-state index is 0.245. The molecule has 2 atom stereocenters. The molecule has 1 fully saturated rings. The minimum Gasteiger partial charge on any atom is -0.395 e. The van der Waals surface area contributed by atoms with Crippen molar-refractivity contribution in [3.63, 3.8) is 0 Å². The first-order valence-corrected chi connectivity index (χ1v) is 5.99. The first-order valence-electron chi connectivity index (χ1n) is 5.99. The molecule has 1 saturated heterocycles. The van der Waals surface area contributed by atoms with Crippen LogP contribution in [-0.4, -0.2) is 42.3 Å². The van der Waals surface area contributed by atoms with Gasteiger partial charge in [-0.15, -0.1) is 0 Å². The van der Waals surface area contributed by atoms with Crippen LogP contribution in [0, 0.1) is 11.3 Å². The number of likely N-dealkylation sites (tertiary alicyclic amines) is 1. The van der Waals surface area contributed by atoms with E-state index in [1.165, 1.54) is 6.42 Å². The zero-order valence-corrected chi connectivity index (χ0v) is 10.4. The summed E-state index contributed by atoms with van der Waals surface area (Å²) in [5.41, 5.74) is 6.42. The summed E-state index contributed by atoms with van der Waals surface area (Å²) in [6, 6.07) is 0.289. The van der Waals surface area contributed by atoms with Crippen LogP contribution in [0.3, 0.4) is 0 Å². The van der Waals surface area contributed by atoms with Gasteiger partial charge in [0.05, 0.1) is 6.61 Å².